The number of aromatic hydroxyl groups is 1. The Morgan fingerprint density at radius 2 is 1.33 bits per heavy atom. The van der Waals surface area contributed by atoms with Gasteiger partial charge in [0.15, 0.2) is 0 Å². The van der Waals surface area contributed by atoms with Gasteiger partial charge in [-0.2, -0.15) is 9.97 Å². The molecule has 0 spiro atoms. The number of fused-ring (bicyclic) bond motifs is 2. The van der Waals surface area contributed by atoms with E-state index in [4.69, 9.17) is 25.0 Å². The van der Waals surface area contributed by atoms with E-state index in [-0.39, 0.29) is 17.8 Å². The number of hydrogen-bond acceptors (Lipinski definition) is 8. The molecule has 0 atom stereocenters. The fourth-order valence-electron chi connectivity index (χ4n) is 4.75. The molecule has 7 aromatic rings. The number of rotatable bonds is 5. The van der Waals surface area contributed by atoms with Crippen LogP contribution in [0.5, 0.6) is 11.5 Å². The van der Waals surface area contributed by atoms with Crippen LogP contribution in [0, 0.1) is 0 Å². The van der Waals surface area contributed by atoms with Gasteiger partial charge in [-0.05, 0) is 51.4 Å². The summed E-state index contributed by atoms with van der Waals surface area (Å²) in [6, 6.07) is 31.5. The van der Waals surface area contributed by atoms with E-state index in [1.807, 2.05) is 91.0 Å². The third-order valence-electron chi connectivity index (χ3n) is 6.67. The van der Waals surface area contributed by atoms with E-state index in [0.717, 1.165) is 42.9 Å². The van der Waals surface area contributed by atoms with Gasteiger partial charge in [0.05, 0.1) is 11.1 Å². The molecular formula is C33H25BrN4O4. The van der Waals surface area contributed by atoms with Crippen molar-refractivity contribution in [2.24, 2.45) is 0 Å². The standard InChI is InChI=1S/C20H15BrN2O2.C13H10N2O2/c21-16-8-4-7-15-14(16)9-10-18(19(15)17-12-25-20(22)23-17)24-11-13-5-2-1-3-6-13;14-13-15-10(7-17-13)12-9-4-2-1-3-8(9)5-6-11(12)16/h1-10,12H,11H2,(H2,22,23);1-7,16H,(H2,14,15). The number of halogens is 1. The van der Waals surface area contributed by atoms with E-state index in [9.17, 15) is 5.11 Å². The summed E-state index contributed by atoms with van der Waals surface area (Å²) >= 11 is 3.60. The van der Waals surface area contributed by atoms with E-state index >= 15 is 0 Å². The van der Waals surface area contributed by atoms with Crippen LogP contribution in [0.15, 0.2) is 123 Å². The molecule has 0 saturated carbocycles. The molecule has 0 fully saturated rings. The number of ether oxygens (including phenoxy) is 1. The van der Waals surface area contributed by atoms with E-state index in [0.29, 0.717) is 23.6 Å². The summed E-state index contributed by atoms with van der Waals surface area (Å²) in [5, 5.41) is 14.0. The lowest BCUT2D eigenvalue weighted by molar-refractivity contribution is 0.308. The molecular weight excluding hydrogens is 596 g/mol. The number of nitrogen functional groups attached to an aromatic ring is 2. The van der Waals surface area contributed by atoms with E-state index in [1.165, 1.54) is 6.26 Å². The number of nitrogens with zero attached hydrogens (tertiary/aromatic N) is 2. The van der Waals surface area contributed by atoms with Crippen molar-refractivity contribution >= 4 is 49.5 Å². The molecule has 208 valence electrons. The SMILES string of the molecule is Nc1nc(-c2c(O)ccc3ccccc23)co1.Nc1nc(-c2c(OCc3ccccc3)ccc3c(Br)cccc23)co1. The van der Waals surface area contributed by atoms with Crippen LogP contribution in [0.1, 0.15) is 5.56 Å². The Morgan fingerprint density at radius 1 is 0.667 bits per heavy atom. The topological polar surface area (TPSA) is 134 Å². The summed E-state index contributed by atoms with van der Waals surface area (Å²) in [6.45, 7) is 0.473. The second kappa shape index (κ2) is 11.7. The average molecular weight is 621 g/mol. The Kier molecular flexibility index (Phi) is 7.49. The Balaban J connectivity index is 0.000000162. The number of phenolic OH excluding ortho intramolecular Hbond substituents is 1. The van der Waals surface area contributed by atoms with Crippen LogP contribution < -0.4 is 16.2 Å². The van der Waals surface area contributed by atoms with Crippen LogP contribution in [-0.2, 0) is 6.61 Å². The molecule has 42 heavy (non-hydrogen) atoms. The smallest absolute Gasteiger partial charge is 0.292 e. The molecule has 2 heterocycles. The van der Waals surface area contributed by atoms with Crippen LogP contribution in [0.4, 0.5) is 12.0 Å². The van der Waals surface area contributed by atoms with Gasteiger partial charge in [-0.15, -0.1) is 0 Å². The van der Waals surface area contributed by atoms with Crippen LogP contribution in [0.25, 0.3) is 44.1 Å². The highest BCUT2D eigenvalue weighted by Crippen LogP contribution is 2.40. The van der Waals surface area contributed by atoms with Crippen molar-refractivity contribution in [2.75, 3.05) is 11.5 Å². The first-order chi connectivity index (χ1) is 20.5. The van der Waals surface area contributed by atoms with Gasteiger partial charge in [0.2, 0.25) is 0 Å². The minimum Gasteiger partial charge on any atom is -0.507 e. The molecule has 9 heteroatoms. The second-order valence-corrected chi connectivity index (χ2v) is 10.2. The highest BCUT2D eigenvalue weighted by Gasteiger charge is 2.16. The zero-order valence-electron chi connectivity index (χ0n) is 22.2. The first kappa shape index (κ1) is 26.9. The molecule has 0 bridgehead atoms. The quantitative estimate of drug-likeness (QED) is 0.175. The van der Waals surface area contributed by atoms with Crippen LogP contribution in [-0.4, -0.2) is 15.1 Å². The Labute approximate surface area is 249 Å². The summed E-state index contributed by atoms with van der Waals surface area (Å²) in [7, 11) is 0. The molecule has 0 amide bonds. The molecule has 0 unspecified atom stereocenters. The molecule has 8 nitrogen and oxygen atoms in total. The lowest BCUT2D eigenvalue weighted by Gasteiger charge is -2.13. The minimum absolute atomic E-state index is 0.0901. The number of anilines is 2. The van der Waals surface area contributed by atoms with Gasteiger partial charge in [-0.3, -0.25) is 0 Å². The highest BCUT2D eigenvalue weighted by molar-refractivity contribution is 9.10. The zero-order valence-corrected chi connectivity index (χ0v) is 23.8. The number of nitrogens with two attached hydrogens (primary N) is 2. The van der Waals surface area contributed by atoms with Crippen molar-refractivity contribution in [3.8, 4) is 34.0 Å². The predicted molar refractivity (Wildman–Crippen MR) is 168 cm³/mol. The van der Waals surface area contributed by atoms with Gasteiger partial charge in [0.25, 0.3) is 12.0 Å². The first-order valence-corrected chi connectivity index (χ1v) is 13.8. The van der Waals surface area contributed by atoms with Crippen molar-refractivity contribution in [3.63, 3.8) is 0 Å². The van der Waals surface area contributed by atoms with Crippen molar-refractivity contribution in [2.45, 2.75) is 6.61 Å². The van der Waals surface area contributed by atoms with Gasteiger partial charge in [-0.25, -0.2) is 0 Å². The minimum atomic E-state index is 0.0901. The van der Waals surface area contributed by atoms with Gasteiger partial charge < -0.3 is 30.1 Å². The van der Waals surface area contributed by atoms with Gasteiger partial charge in [0.1, 0.15) is 42.0 Å². The van der Waals surface area contributed by atoms with Gasteiger partial charge in [-0.1, -0.05) is 88.7 Å². The normalized spacial score (nSPS) is 10.9. The summed E-state index contributed by atoms with van der Waals surface area (Å²) in [5.74, 6) is 0.903. The number of aromatic nitrogens is 2. The Morgan fingerprint density at radius 3 is 2.05 bits per heavy atom. The maximum absolute atomic E-state index is 9.95. The molecule has 7 rings (SSSR count). The van der Waals surface area contributed by atoms with Crippen LogP contribution in [0.2, 0.25) is 0 Å². The van der Waals surface area contributed by atoms with Crippen molar-refractivity contribution in [1.29, 1.82) is 0 Å². The largest absolute Gasteiger partial charge is 0.507 e. The first-order valence-electron chi connectivity index (χ1n) is 13.0. The van der Waals surface area contributed by atoms with E-state index < -0.39 is 0 Å². The summed E-state index contributed by atoms with van der Waals surface area (Å²) in [4.78, 5) is 8.34. The lowest BCUT2D eigenvalue weighted by atomic mass is 10.0. The van der Waals surface area contributed by atoms with E-state index in [1.54, 1.807) is 12.3 Å². The van der Waals surface area contributed by atoms with E-state index in [2.05, 4.69) is 25.9 Å². The number of hydrogen-bond donors (Lipinski definition) is 3. The monoisotopic (exact) mass is 620 g/mol. The zero-order chi connectivity index (χ0) is 29.1. The maximum Gasteiger partial charge on any atom is 0.292 e. The molecule has 0 radical (unpaired) electrons. The number of phenols is 1. The Bertz CT molecular complexity index is 2000. The third kappa shape index (κ3) is 5.50. The van der Waals surface area contributed by atoms with Gasteiger partial charge >= 0.3 is 0 Å². The summed E-state index contributed by atoms with van der Waals surface area (Å²) < 4.78 is 17.3. The number of oxazole rings is 2. The average Bonchev–Trinajstić information content (AvgIpc) is 3.64. The molecule has 0 aliphatic heterocycles. The summed E-state index contributed by atoms with van der Waals surface area (Å²) in [5.41, 5.74) is 14.9. The molecule has 0 saturated heterocycles. The van der Waals surface area contributed by atoms with Crippen molar-refractivity contribution in [1.82, 2.24) is 9.97 Å². The van der Waals surface area contributed by atoms with Crippen molar-refractivity contribution < 1.29 is 18.7 Å². The molecule has 0 aliphatic carbocycles. The molecule has 5 aromatic carbocycles. The fourth-order valence-corrected chi connectivity index (χ4v) is 5.25. The fraction of sp³-hybridized carbons (Fsp3) is 0.0303. The third-order valence-corrected chi connectivity index (χ3v) is 7.36. The number of benzene rings is 5. The molecule has 2 aromatic heterocycles. The predicted octanol–water partition coefficient (Wildman–Crippen LogP) is 8.20. The highest BCUT2D eigenvalue weighted by atomic mass is 79.9. The molecule has 0 aliphatic rings. The lowest BCUT2D eigenvalue weighted by Crippen LogP contribution is -1.98. The maximum atomic E-state index is 9.95. The van der Waals surface area contributed by atoms with Crippen molar-refractivity contribution in [3.05, 3.63) is 120 Å². The molecule has 5 N–H and O–H groups in total. The van der Waals surface area contributed by atoms with Gasteiger partial charge in [0, 0.05) is 4.47 Å². The Hall–Kier alpha value is -5.28. The summed E-state index contributed by atoms with van der Waals surface area (Å²) in [6.07, 6.45) is 3.00. The second-order valence-electron chi connectivity index (χ2n) is 9.37. The van der Waals surface area contributed by atoms with Crippen LogP contribution >= 0.6 is 15.9 Å². The van der Waals surface area contributed by atoms with Crippen LogP contribution in [0.3, 0.4) is 0 Å².